The topological polar surface area (TPSA) is 84.5 Å². The maximum atomic E-state index is 13.9. The molecule has 1 saturated carbocycles. The molecule has 9 heteroatoms. The number of hydrogen-bond acceptors (Lipinski definition) is 4. The quantitative estimate of drug-likeness (QED) is 0.303. The van der Waals surface area contributed by atoms with E-state index in [4.69, 9.17) is 11.6 Å². The Morgan fingerprint density at radius 3 is 2.59 bits per heavy atom. The highest BCUT2D eigenvalue weighted by Crippen LogP contribution is 2.36. The second kappa shape index (κ2) is 9.24. The van der Waals surface area contributed by atoms with E-state index in [-0.39, 0.29) is 23.8 Å². The van der Waals surface area contributed by atoms with Crippen molar-refractivity contribution < 1.29 is 9.59 Å². The fraction of sp³-hybridized carbons (Fsp3) is 0.267. The Balaban J connectivity index is 1.21. The summed E-state index contributed by atoms with van der Waals surface area (Å²) in [6.45, 7) is 0.728. The molecule has 0 radical (unpaired) electrons. The second-order valence-electron chi connectivity index (χ2n) is 10.5. The van der Waals surface area contributed by atoms with Gasteiger partial charge < -0.3 is 9.47 Å². The van der Waals surface area contributed by atoms with Crippen LogP contribution in [0.4, 0.5) is 5.95 Å². The molecule has 196 valence electrons. The van der Waals surface area contributed by atoms with E-state index in [2.05, 4.69) is 33.6 Å². The maximum absolute atomic E-state index is 13.9. The molecule has 1 aliphatic heterocycles. The molecule has 0 bridgehead atoms. The van der Waals surface area contributed by atoms with Gasteiger partial charge in [-0.2, -0.15) is 4.98 Å². The third-order valence-electron chi connectivity index (χ3n) is 7.84. The predicted octanol–water partition coefficient (Wildman–Crippen LogP) is 5.87. The summed E-state index contributed by atoms with van der Waals surface area (Å²) in [6.07, 6.45) is 7.53. The smallest absolute Gasteiger partial charge is 0.256 e. The van der Waals surface area contributed by atoms with Gasteiger partial charge in [-0.15, -0.1) is 5.10 Å². The molecule has 8 nitrogen and oxygen atoms in total. The molecule has 2 aromatic carbocycles. The van der Waals surface area contributed by atoms with E-state index in [1.54, 1.807) is 4.52 Å². The number of benzene rings is 2. The lowest BCUT2D eigenvalue weighted by Gasteiger charge is -2.25. The van der Waals surface area contributed by atoms with Gasteiger partial charge in [0.15, 0.2) is 5.65 Å². The highest BCUT2D eigenvalue weighted by Gasteiger charge is 2.32. The molecule has 7 rings (SSSR count). The summed E-state index contributed by atoms with van der Waals surface area (Å²) in [5.74, 6) is 0.424. The van der Waals surface area contributed by atoms with Crippen molar-refractivity contribution in [3.63, 3.8) is 0 Å². The summed E-state index contributed by atoms with van der Waals surface area (Å²) in [5, 5.41) is 8.80. The van der Waals surface area contributed by atoms with E-state index in [1.165, 1.54) is 0 Å². The van der Waals surface area contributed by atoms with Gasteiger partial charge in [0.05, 0.1) is 11.6 Å². The molecule has 0 spiro atoms. The molecular weight excluding hydrogens is 512 g/mol. The van der Waals surface area contributed by atoms with Gasteiger partial charge in [0.25, 0.3) is 5.91 Å². The summed E-state index contributed by atoms with van der Waals surface area (Å²) in [5.41, 5.74) is 5.39. The highest BCUT2D eigenvalue weighted by molar-refractivity contribution is 6.30. The minimum Gasteiger partial charge on any atom is -0.350 e. The molecule has 5 aromatic rings. The van der Waals surface area contributed by atoms with E-state index in [0.717, 1.165) is 59.8 Å². The normalized spacial score (nSPS) is 17.3. The summed E-state index contributed by atoms with van der Waals surface area (Å²) >= 11 is 6.10. The first-order chi connectivity index (χ1) is 18.9. The summed E-state index contributed by atoms with van der Waals surface area (Å²) in [4.78, 5) is 32.5. The second-order valence-corrected chi connectivity index (χ2v) is 10.9. The van der Waals surface area contributed by atoms with E-state index in [9.17, 15) is 9.59 Å². The van der Waals surface area contributed by atoms with Crippen LogP contribution in [-0.2, 0) is 11.8 Å². The first-order valence-electron chi connectivity index (χ1n) is 13.3. The third kappa shape index (κ3) is 4.34. The number of aromatic nitrogens is 4. The molecule has 1 aliphatic carbocycles. The number of likely N-dealkylation sites (tertiary alicyclic amines) is 1. The van der Waals surface area contributed by atoms with Crippen LogP contribution in [0.3, 0.4) is 0 Å². The number of nitrogens with one attached hydrogen (secondary N) is 1. The van der Waals surface area contributed by atoms with Crippen LogP contribution in [0.15, 0.2) is 67.0 Å². The number of fused-ring (bicyclic) bond motifs is 2. The van der Waals surface area contributed by atoms with Crippen molar-refractivity contribution in [2.24, 2.45) is 13.0 Å². The van der Waals surface area contributed by atoms with Crippen molar-refractivity contribution in [3.8, 4) is 11.1 Å². The van der Waals surface area contributed by atoms with Crippen LogP contribution in [-0.4, -0.2) is 42.4 Å². The molecule has 39 heavy (non-hydrogen) atoms. The number of carbonyl (C=O) groups is 2. The zero-order chi connectivity index (χ0) is 26.7. The molecule has 2 aliphatic rings. The number of anilines is 1. The van der Waals surface area contributed by atoms with Gasteiger partial charge in [-0.3, -0.25) is 14.9 Å². The first-order valence-corrected chi connectivity index (χ1v) is 13.7. The van der Waals surface area contributed by atoms with Crippen molar-refractivity contribution in [1.82, 2.24) is 24.1 Å². The minimum atomic E-state index is -0.0193. The third-order valence-corrected chi connectivity index (χ3v) is 8.09. The van der Waals surface area contributed by atoms with E-state index >= 15 is 0 Å². The number of nitrogens with zero attached hydrogens (tertiary/aromatic N) is 5. The molecule has 2 amide bonds. The average Bonchev–Trinajstić information content (AvgIpc) is 3.40. The molecular formula is C30H27ClN6O2. The number of aryl methyl sites for hydroxylation is 1. The number of pyridine rings is 1. The van der Waals surface area contributed by atoms with Crippen molar-refractivity contribution in [1.29, 1.82) is 0 Å². The summed E-state index contributed by atoms with van der Waals surface area (Å²) in [6, 6.07) is 18.0. The zero-order valence-electron chi connectivity index (χ0n) is 21.5. The van der Waals surface area contributed by atoms with Crippen molar-refractivity contribution >= 4 is 45.9 Å². The Morgan fingerprint density at radius 2 is 1.79 bits per heavy atom. The number of carbonyl (C=O) groups excluding carboxylic acids is 2. The Morgan fingerprint density at radius 1 is 1.00 bits per heavy atom. The SMILES string of the molecule is Cn1cc(C(=O)N2CCCC2c2ccc(Cl)cc2)c2cc(-c3ccn4nc(NC(=O)C5CC5)nc4c3)ccc21. The van der Waals surface area contributed by atoms with Crippen LogP contribution in [0, 0.1) is 5.92 Å². The zero-order valence-corrected chi connectivity index (χ0v) is 22.2. The van der Waals surface area contributed by atoms with Crippen LogP contribution in [0.2, 0.25) is 5.02 Å². The van der Waals surface area contributed by atoms with Gasteiger partial charge >= 0.3 is 0 Å². The first kappa shape index (κ1) is 23.9. The summed E-state index contributed by atoms with van der Waals surface area (Å²) in [7, 11) is 1.97. The van der Waals surface area contributed by atoms with Gasteiger partial charge in [-0.1, -0.05) is 29.8 Å². The van der Waals surface area contributed by atoms with E-state index < -0.39 is 0 Å². The summed E-state index contributed by atoms with van der Waals surface area (Å²) < 4.78 is 3.67. The van der Waals surface area contributed by atoms with Gasteiger partial charge in [0.2, 0.25) is 11.9 Å². The molecule has 1 unspecified atom stereocenters. The van der Waals surface area contributed by atoms with Crippen LogP contribution in [0.5, 0.6) is 0 Å². The fourth-order valence-corrected chi connectivity index (χ4v) is 5.74. The Kier molecular flexibility index (Phi) is 5.66. The largest absolute Gasteiger partial charge is 0.350 e. The number of amides is 2. The standard InChI is InChI=1S/C30H27ClN6O2/c1-35-17-24(29(39)36-13-2-3-25(36)18-6-9-22(31)10-7-18)23-15-20(8-11-26(23)35)21-12-14-37-27(16-21)32-30(34-37)33-28(38)19-4-5-19/h6-12,14-17,19,25H,2-5,13H2,1H3,(H,33,34,38). The highest BCUT2D eigenvalue weighted by atomic mass is 35.5. The fourth-order valence-electron chi connectivity index (χ4n) is 5.61. The molecule has 1 N–H and O–H groups in total. The molecule has 1 atom stereocenters. The molecule has 4 heterocycles. The lowest BCUT2D eigenvalue weighted by Crippen LogP contribution is -2.30. The molecule has 3 aromatic heterocycles. The molecule has 2 fully saturated rings. The number of rotatable bonds is 5. The predicted molar refractivity (Wildman–Crippen MR) is 151 cm³/mol. The Hall–Kier alpha value is -4.17. The Labute approximate surface area is 230 Å². The van der Waals surface area contributed by atoms with E-state index in [1.807, 2.05) is 65.3 Å². The van der Waals surface area contributed by atoms with Crippen molar-refractivity contribution in [3.05, 3.63) is 83.1 Å². The van der Waals surface area contributed by atoms with Crippen molar-refractivity contribution in [2.45, 2.75) is 31.7 Å². The minimum absolute atomic E-state index is 0.0193. The average molecular weight is 539 g/mol. The Bertz CT molecular complexity index is 1750. The monoisotopic (exact) mass is 538 g/mol. The van der Waals surface area contributed by atoms with Gasteiger partial charge in [0.1, 0.15) is 0 Å². The van der Waals surface area contributed by atoms with Gasteiger partial charge in [-0.05, 0) is 78.8 Å². The van der Waals surface area contributed by atoms with Gasteiger partial charge in [0, 0.05) is 47.8 Å². The van der Waals surface area contributed by atoms with Gasteiger partial charge in [-0.25, -0.2) is 4.52 Å². The van der Waals surface area contributed by atoms with E-state index in [0.29, 0.717) is 22.2 Å². The van der Waals surface area contributed by atoms with Crippen LogP contribution >= 0.6 is 11.6 Å². The number of hydrogen-bond donors (Lipinski definition) is 1. The molecule has 1 saturated heterocycles. The lowest BCUT2D eigenvalue weighted by molar-refractivity contribution is -0.117. The number of halogens is 1. The lowest BCUT2D eigenvalue weighted by atomic mass is 10.0. The maximum Gasteiger partial charge on any atom is 0.256 e. The van der Waals surface area contributed by atoms with Crippen LogP contribution in [0.1, 0.15) is 47.6 Å². The van der Waals surface area contributed by atoms with Crippen LogP contribution in [0.25, 0.3) is 27.7 Å². The van der Waals surface area contributed by atoms with Crippen LogP contribution < -0.4 is 5.32 Å². The van der Waals surface area contributed by atoms with Crippen molar-refractivity contribution in [2.75, 3.05) is 11.9 Å².